The fourth-order valence-electron chi connectivity index (χ4n) is 2.58. The van der Waals surface area contributed by atoms with Crippen molar-refractivity contribution in [1.82, 2.24) is 9.62 Å². The maximum absolute atomic E-state index is 12.9. The van der Waals surface area contributed by atoms with Crippen molar-refractivity contribution in [2.75, 3.05) is 13.1 Å². The highest BCUT2D eigenvalue weighted by molar-refractivity contribution is 7.89. The zero-order chi connectivity index (χ0) is 15.5. The van der Waals surface area contributed by atoms with E-state index < -0.39 is 10.0 Å². The molecule has 0 aliphatic carbocycles. The number of hydrogen-bond acceptors (Lipinski definition) is 3. The average molecular weight is 310 g/mol. The van der Waals surface area contributed by atoms with E-state index in [1.807, 2.05) is 12.1 Å². The van der Waals surface area contributed by atoms with Gasteiger partial charge >= 0.3 is 0 Å². The van der Waals surface area contributed by atoms with Gasteiger partial charge in [-0.3, -0.25) is 0 Å². The predicted molar refractivity (Wildman–Crippen MR) is 85.6 cm³/mol. The first-order chi connectivity index (χ1) is 9.91. The van der Waals surface area contributed by atoms with Crippen LogP contribution in [0.15, 0.2) is 29.2 Å². The van der Waals surface area contributed by atoms with E-state index in [1.165, 1.54) is 0 Å². The van der Waals surface area contributed by atoms with Gasteiger partial charge in [-0.25, -0.2) is 8.42 Å². The molecule has 118 valence electrons. The third kappa shape index (κ3) is 4.05. The molecule has 0 saturated carbocycles. The molecule has 1 N–H and O–H groups in total. The standard InChI is InChI=1S/C16H26N2O2S/c1-13(2)17-12-15-6-4-5-7-16(15)21(19,20)18-10-8-14(3)9-11-18/h4-7,13-14,17H,8-12H2,1-3H3. The van der Waals surface area contributed by atoms with Gasteiger partial charge in [0.2, 0.25) is 10.0 Å². The molecular formula is C16H26N2O2S. The Balaban J connectivity index is 2.23. The number of sulfonamides is 1. The highest BCUT2D eigenvalue weighted by atomic mass is 32.2. The first kappa shape index (κ1) is 16.5. The van der Waals surface area contributed by atoms with E-state index in [0.717, 1.165) is 18.4 Å². The summed E-state index contributed by atoms with van der Waals surface area (Å²) in [6.45, 7) is 8.15. The Hall–Kier alpha value is -0.910. The van der Waals surface area contributed by atoms with E-state index in [-0.39, 0.29) is 0 Å². The van der Waals surface area contributed by atoms with Gasteiger partial charge in [0, 0.05) is 25.7 Å². The first-order valence-electron chi connectivity index (χ1n) is 7.72. The van der Waals surface area contributed by atoms with E-state index in [4.69, 9.17) is 0 Å². The lowest BCUT2D eigenvalue weighted by atomic mass is 10.0. The molecule has 0 bridgehead atoms. The molecular weight excluding hydrogens is 284 g/mol. The molecule has 1 saturated heterocycles. The highest BCUT2D eigenvalue weighted by Crippen LogP contribution is 2.25. The van der Waals surface area contributed by atoms with Crippen molar-refractivity contribution in [3.63, 3.8) is 0 Å². The third-order valence-corrected chi connectivity index (χ3v) is 6.03. The van der Waals surface area contributed by atoms with E-state index in [9.17, 15) is 8.42 Å². The van der Waals surface area contributed by atoms with Crippen LogP contribution in [-0.2, 0) is 16.6 Å². The minimum Gasteiger partial charge on any atom is -0.310 e. The SMILES string of the molecule is CC1CCN(S(=O)(=O)c2ccccc2CNC(C)C)CC1. The van der Waals surface area contributed by atoms with Crippen molar-refractivity contribution in [2.45, 2.75) is 51.1 Å². The molecule has 5 heteroatoms. The van der Waals surface area contributed by atoms with Gasteiger partial charge in [-0.15, -0.1) is 0 Å². The van der Waals surface area contributed by atoms with Gasteiger partial charge in [0.25, 0.3) is 0 Å². The Morgan fingerprint density at radius 3 is 2.48 bits per heavy atom. The van der Waals surface area contributed by atoms with Crippen molar-refractivity contribution >= 4 is 10.0 Å². The normalized spacial score (nSPS) is 18.3. The van der Waals surface area contributed by atoms with Crippen LogP contribution < -0.4 is 5.32 Å². The van der Waals surface area contributed by atoms with Crippen LogP contribution in [0.5, 0.6) is 0 Å². The maximum atomic E-state index is 12.9. The summed E-state index contributed by atoms with van der Waals surface area (Å²) in [4.78, 5) is 0.452. The second-order valence-electron chi connectivity index (χ2n) is 6.23. The molecule has 0 amide bonds. The monoisotopic (exact) mass is 310 g/mol. The molecule has 0 atom stereocenters. The van der Waals surface area contributed by atoms with Gasteiger partial charge in [-0.2, -0.15) is 4.31 Å². The number of rotatable bonds is 5. The van der Waals surface area contributed by atoms with Crippen molar-refractivity contribution < 1.29 is 8.42 Å². The van der Waals surface area contributed by atoms with Crippen molar-refractivity contribution in [1.29, 1.82) is 0 Å². The molecule has 21 heavy (non-hydrogen) atoms. The summed E-state index contributed by atoms with van der Waals surface area (Å²) >= 11 is 0. The third-order valence-electron chi connectivity index (χ3n) is 4.03. The first-order valence-corrected chi connectivity index (χ1v) is 9.16. The Morgan fingerprint density at radius 1 is 1.24 bits per heavy atom. The van der Waals surface area contributed by atoms with Crippen LogP contribution in [0, 0.1) is 5.92 Å². The zero-order valence-corrected chi connectivity index (χ0v) is 14.0. The van der Waals surface area contributed by atoms with Crippen LogP contribution >= 0.6 is 0 Å². The minimum absolute atomic E-state index is 0.330. The largest absolute Gasteiger partial charge is 0.310 e. The Kier molecular flexibility index (Phi) is 5.41. The van der Waals surface area contributed by atoms with E-state index in [2.05, 4.69) is 26.1 Å². The van der Waals surface area contributed by atoms with Crippen LogP contribution in [0.25, 0.3) is 0 Å². The molecule has 1 aliphatic rings. The van der Waals surface area contributed by atoms with Gasteiger partial charge < -0.3 is 5.32 Å². The Bertz CT molecular complexity index is 561. The summed E-state index contributed by atoms with van der Waals surface area (Å²) in [6, 6.07) is 7.66. The highest BCUT2D eigenvalue weighted by Gasteiger charge is 2.29. The molecule has 2 rings (SSSR count). The smallest absolute Gasteiger partial charge is 0.243 e. The summed E-state index contributed by atoms with van der Waals surface area (Å²) in [6.07, 6.45) is 1.90. The van der Waals surface area contributed by atoms with Gasteiger partial charge in [0.05, 0.1) is 4.90 Å². The van der Waals surface area contributed by atoms with E-state index in [0.29, 0.717) is 36.5 Å². The fourth-order valence-corrected chi connectivity index (χ4v) is 4.27. The Labute approximate surface area is 128 Å². The predicted octanol–water partition coefficient (Wildman–Crippen LogP) is 2.61. The van der Waals surface area contributed by atoms with Gasteiger partial charge in [-0.05, 0) is 30.4 Å². The van der Waals surface area contributed by atoms with Crippen LogP contribution in [0.2, 0.25) is 0 Å². The lowest BCUT2D eigenvalue weighted by Crippen LogP contribution is -2.38. The van der Waals surface area contributed by atoms with Crippen molar-refractivity contribution in [2.24, 2.45) is 5.92 Å². The molecule has 1 heterocycles. The number of benzene rings is 1. The van der Waals surface area contributed by atoms with Gasteiger partial charge in [-0.1, -0.05) is 39.0 Å². The second-order valence-corrected chi connectivity index (χ2v) is 8.14. The molecule has 1 aromatic rings. The van der Waals surface area contributed by atoms with Crippen LogP contribution in [0.3, 0.4) is 0 Å². The second kappa shape index (κ2) is 6.90. The van der Waals surface area contributed by atoms with Gasteiger partial charge in [0.1, 0.15) is 0 Å². The lowest BCUT2D eigenvalue weighted by Gasteiger charge is -2.30. The number of nitrogens with one attached hydrogen (secondary N) is 1. The van der Waals surface area contributed by atoms with Crippen LogP contribution in [-0.4, -0.2) is 31.9 Å². The number of nitrogens with zero attached hydrogens (tertiary/aromatic N) is 1. The minimum atomic E-state index is -3.37. The zero-order valence-electron chi connectivity index (χ0n) is 13.2. The molecule has 0 unspecified atom stereocenters. The van der Waals surface area contributed by atoms with E-state index in [1.54, 1.807) is 16.4 Å². The molecule has 1 aromatic carbocycles. The van der Waals surface area contributed by atoms with Crippen molar-refractivity contribution in [3.05, 3.63) is 29.8 Å². The summed E-state index contributed by atoms with van der Waals surface area (Å²) in [5.74, 6) is 0.620. The molecule has 4 nitrogen and oxygen atoms in total. The molecule has 0 aromatic heterocycles. The quantitative estimate of drug-likeness (QED) is 0.909. The fraction of sp³-hybridized carbons (Fsp3) is 0.625. The summed E-state index contributed by atoms with van der Waals surface area (Å²) in [5.41, 5.74) is 0.852. The Morgan fingerprint density at radius 2 is 1.86 bits per heavy atom. The number of piperidine rings is 1. The average Bonchev–Trinajstić information content (AvgIpc) is 2.46. The van der Waals surface area contributed by atoms with Crippen LogP contribution in [0.1, 0.15) is 39.2 Å². The summed E-state index contributed by atoms with van der Waals surface area (Å²) < 4.78 is 27.4. The molecule has 0 radical (unpaired) electrons. The topological polar surface area (TPSA) is 49.4 Å². The number of hydrogen-bond donors (Lipinski definition) is 1. The van der Waals surface area contributed by atoms with E-state index >= 15 is 0 Å². The molecule has 1 fully saturated rings. The lowest BCUT2D eigenvalue weighted by molar-refractivity contribution is 0.288. The maximum Gasteiger partial charge on any atom is 0.243 e. The summed E-state index contributed by atoms with van der Waals surface area (Å²) in [5, 5.41) is 3.30. The van der Waals surface area contributed by atoms with Crippen LogP contribution in [0.4, 0.5) is 0 Å². The molecule has 0 spiro atoms. The summed E-state index contributed by atoms with van der Waals surface area (Å²) in [7, 11) is -3.37. The molecule has 1 aliphatic heterocycles. The van der Waals surface area contributed by atoms with Crippen molar-refractivity contribution in [3.8, 4) is 0 Å². The van der Waals surface area contributed by atoms with Gasteiger partial charge in [0.15, 0.2) is 0 Å².